The van der Waals surface area contributed by atoms with E-state index in [0.29, 0.717) is 31.1 Å². The van der Waals surface area contributed by atoms with Crippen LogP contribution in [0.25, 0.3) is 11.0 Å². The Bertz CT molecular complexity index is 1330. The number of carbonyl (C=O) groups is 1. The molecule has 0 N–H and O–H groups in total. The molecule has 4 aromatic rings. The number of fused-ring (bicyclic) bond motifs is 1. The van der Waals surface area contributed by atoms with Crippen LogP contribution in [0.3, 0.4) is 0 Å². The van der Waals surface area contributed by atoms with E-state index in [2.05, 4.69) is 42.7 Å². The van der Waals surface area contributed by atoms with E-state index in [4.69, 9.17) is 21.3 Å². The van der Waals surface area contributed by atoms with Gasteiger partial charge in [0.25, 0.3) is 0 Å². The molecule has 1 aliphatic rings. The molecule has 0 bridgehead atoms. The molecule has 3 aromatic carbocycles. The molecule has 168 valence electrons. The number of carbonyl (C=O) groups excluding carboxylic acids is 1. The van der Waals surface area contributed by atoms with Crippen molar-refractivity contribution in [1.29, 1.82) is 0 Å². The van der Waals surface area contributed by atoms with Crippen LogP contribution in [0.1, 0.15) is 29.3 Å². The zero-order valence-electron chi connectivity index (χ0n) is 18.8. The van der Waals surface area contributed by atoms with Crippen LogP contribution in [0.4, 0.5) is 5.69 Å². The van der Waals surface area contributed by atoms with Crippen molar-refractivity contribution >= 4 is 34.2 Å². The Hall–Kier alpha value is -3.31. The van der Waals surface area contributed by atoms with Crippen LogP contribution in [0.2, 0.25) is 5.02 Å². The predicted octanol–water partition coefficient (Wildman–Crippen LogP) is 5.91. The summed E-state index contributed by atoms with van der Waals surface area (Å²) < 4.78 is 8.34. The van der Waals surface area contributed by atoms with E-state index in [-0.39, 0.29) is 11.8 Å². The van der Waals surface area contributed by atoms with Crippen molar-refractivity contribution in [2.45, 2.75) is 32.7 Å². The number of imidazole rings is 1. The molecule has 1 atom stereocenters. The highest BCUT2D eigenvalue weighted by molar-refractivity contribution is 6.33. The number of nitrogens with zero attached hydrogens (tertiary/aromatic N) is 3. The molecule has 1 fully saturated rings. The van der Waals surface area contributed by atoms with Crippen LogP contribution in [-0.2, 0) is 11.3 Å². The van der Waals surface area contributed by atoms with Gasteiger partial charge >= 0.3 is 0 Å². The van der Waals surface area contributed by atoms with Crippen molar-refractivity contribution < 1.29 is 9.53 Å². The van der Waals surface area contributed by atoms with Gasteiger partial charge in [0.1, 0.15) is 18.2 Å². The van der Waals surface area contributed by atoms with E-state index < -0.39 is 0 Å². The molecule has 0 unspecified atom stereocenters. The highest BCUT2D eigenvalue weighted by Gasteiger charge is 2.35. The molecular formula is C27H26ClN3O2. The number of aromatic nitrogens is 2. The molecule has 0 saturated carbocycles. The molecule has 1 aromatic heterocycles. The second-order valence-electron chi connectivity index (χ2n) is 8.58. The lowest BCUT2D eigenvalue weighted by Gasteiger charge is -2.19. The molecule has 5 nitrogen and oxygen atoms in total. The van der Waals surface area contributed by atoms with Gasteiger partial charge in [0.05, 0.1) is 28.3 Å². The minimum Gasteiger partial charge on any atom is -0.491 e. The summed E-state index contributed by atoms with van der Waals surface area (Å²) in [5.41, 5.74) is 5.04. The summed E-state index contributed by atoms with van der Waals surface area (Å²) in [5.74, 6) is 1.88. The van der Waals surface area contributed by atoms with Crippen LogP contribution < -0.4 is 9.64 Å². The average Bonchev–Trinajstić information content (AvgIpc) is 3.37. The van der Waals surface area contributed by atoms with Gasteiger partial charge in [0, 0.05) is 18.9 Å². The van der Waals surface area contributed by atoms with Crippen LogP contribution in [0.5, 0.6) is 5.75 Å². The third kappa shape index (κ3) is 4.21. The molecule has 33 heavy (non-hydrogen) atoms. The van der Waals surface area contributed by atoms with Gasteiger partial charge in [0.15, 0.2) is 0 Å². The number of hydrogen-bond donors (Lipinski definition) is 0. The molecule has 2 heterocycles. The monoisotopic (exact) mass is 459 g/mol. The van der Waals surface area contributed by atoms with Crippen molar-refractivity contribution in [2.24, 2.45) is 0 Å². The number of anilines is 1. The number of amides is 1. The average molecular weight is 460 g/mol. The van der Waals surface area contributed by atoms with Gasteiger partial charge in [-0.2, -0.15) is 0 Å². The van der Waals surface area contributed by atoms with E-state index >= 15 is 0 Å². The van der Waals surface area contributed by atoms with Crippen molar-refractivity contribution in [3.63, 3.8) is 0 Å². The standard InChI is InChI=1S/C27H26ClN3O2/c1-18-11-12-19(2)25(15-18)33-14-13-30-24-10-6-4-8-22(24)29-27(30)20-16-26(32)31(17-20)23-9-5-3-7-21(23)28/h3-12,15,20H,13-14,16-17H2,1-2H3/t20-/m0/s1. The summed E-state index contributed by atoms with van der Waals surface area (Å²) in [4.78, 5) is 19.6. The van der Waals surface area contributed by atoms with Gasteiger partial charge in [-0.25, -0.2) is 4.98 Å². The molecular weight excluding hydrogens is 434 g/mol. The van der Waals surface area contributed by atoms with Crippen LogP contribution in [0.15, 0.2) is 66.7 Å². The van der Waals surface area contributed by atoms with Gasteiger partial charge in [-0.1, -0.05) is 48.0 Å². The zero-order chi connectivity index (χ0) is 22.9. The van der Waals surface area contributed by atoms with Crippen LogP contribution in [0, 0.1) is 13.8 Å². The van der Waals surface area contributed by atoms with Crippen molar-refractivity contribution in [3.8, 4) is 5.75 Å². The minimum absolute atomic E-state index is 0.0121. The van der Waals surface area contributed by atoms with Crippen molar-refractivity contribution in [1.82, 2.24) is 9.55 Å². The predicted molar refractivity (Wildman–Crippen MR) is 132 cm³/mol. The van der Waals surface area contributed by atoms with Gasteiger partial charge in [-0.3, -0.25) is 4.79 Å². The Balaban J connectivity index is 1.42. The first kappa shape index (κ1) is 21.5. The Morgan fingerprint density at radius 3 is 2.70 bits per heavy atom. The molecule has 1 aliphatic heterocycles. The molecule has 0 aliphatic carbocycles. The lowest BCUT2D eigenvalue weighted by atomic mass is 10.1. The normalized spacial score (nSPS) is 16.0. The molecule has 1 saturated heterocycles. The Morgan fingerprint density at radius 2 is 1.85 bits per heavy atom. The van der Waals surface area contributed by atoms with E-state index in [1.807, 2.05) is 42.5 Å². The van der Waals surface area contributed by atoms with Gasteiger partial charge in [0.2, 0.25) is 5.91 Å². The first-order valence-corrected chi connectivity index (χ1v) is 11.6. The number of hydrogen-bond acceptors (Lipinski definition) is 3. The molecule has 0 spiro atoms. The fourth-order valence-corrected chi connectivity index (χ4v) is 4.77. The zero-order valence-corrected chi connectivity index (χ0v) is 19.5. The number of ether oxygens (including phenoxy) is 1. The largest absolute Gasteiger partial charge is 0.491 e. The number of benzene rings is 3. The maximum absolute atomic E-state index is 12.9. The van der Waals surface area contributed by atoms with Crippen molar-refractivity contribution in [3.05, 3.63) is 88.7 Å². The van der Waals surface area contributed by atoms with Crippen molar-refractivity contribution in [2.75, 3.05) is 18.1 Å². The topological polar surface area (TPSA) is 47.4 Å². The summed E-state index contributed by atoms with van der Waals surface area (Å²) in [6.07, 6.45) is 0.409. The molecule has 6 heteroatoms. The summed E-state index contributed by atoms with van der Waals surface area (Å²) in [6, 6.07) is 21.8. The first-order chi connectivity index (χ1) is 16.0. The van der Waals surface area contributed by atoms with E-state index in [0.717, 1.165) is 33.9 Å². The second-order valence-corrected chi connectivity index (χ2v) is 8.99. The second kappa shape index (κ2) is 8.91. The maximum atomic E-state index is 12.9. The summed E-state index contributed by atoms with van der Waals surface area (Å²) >= 11 is 6.38. The quantitative estimate of drug-likeness (QED) is 0.360. The molecule has 0 radical (unpaired) electrons. The molecule has 1 amide bonds. The highest BCUT2D eigenvalue weighted by Crippen LogP contribution is 2.36. The van der Waals surface area contributed by atoms with Gasteiger partial charge in [-0.05, 0) is 55.3 Å². The fraction of sp³-hybridized carbons (Fsp3) is 0.259. The SMILES string of the molecule is Cc1ccc(C)c(OCCn2c([C@H]3CC(=O)N(c4ccccc4Cl)C3)nc3ccccc32)c1. The number of aryl methyl sites for hydroxylation is 2. The Labute approximate surface area is 198 Å². The Morgan fingerprint density at radius 1 is 1.06 bits per heavy atom. The van der Waals surface area contributed by atoms with Crippen LogP contribution in [-0.4, -0.2) is 28.6 Å². The maximum Gasteiger partial charge on any atom is 0.227 e. The number of para-hydroxylation sites is 3. The lowest BCUT2D eigenvalue weighted by molar-refractivity contribution is -0.117. The summed E-state index contributed by atoms with van der Waals surface area (Å²) in [7, 11) is 0. The van der Waals surface area contributed by atoms with E-state index in [9.17, 15) is 4.79 Å². The number of halogens is 1. The van der Waals surface area contributed by atoms with Crippen LogP contribution >= 0.6 is 11.6 Å². The van der Waals surface area contributed by atoms with Gasteiger partial charge < -0.3 is 14.2 Å². The van der Waals surface area contributed by atoms with E-state index in [1.165, 1.54) is 5.56 Å². The smallest absolute Gasteiger partial charge is 0.227 e. The minimum atomic E-state index is -0.0121. The summed E-state index contributed by atoms with van der Waals surface area (Å²) in [5, 5.41) is 0.585. The fourth-order valence-electron chi connectivity index (χ4n) is 4.53. The third-order valence-electron chi connectivity index (χ3n) is 6.23. The lowest BCUT2D eigenvalue weighted by Crippen LogP contribution is -2.25. The summed E-state index contributed by atoms with van der Waals surface area (Å²) in [6.45, 7) is 5.85. The number of rotatable bonds is 6. The highest BCUT2D eigenvalue weighted by atomic mass is 35.5. The first-order valence-electron chi connectivity index (χ1n) is 11.2. The Kier molecular flexibility index (Phi) is 5.81. The molecule has 5 rings (SSSR count). The van der Waals surface area contributed by atoms with Gasteiger partial charge in [-0.15, -0.1) is 0 Å². The van der Waals surface area contributed by atoms with E-state index in [1.54, 1.807) is 4.90 Å². The third-order valence-corrected chi connectivity index (χ3v) is 6.55.